The fourth-order valence-electron chi connectivity index (χ4n) is 2.37. The summed E-state index contributed by atoms with van der Waals surface area (Å²) in [6.45, 7) is 0.692. The van der Waals surface area contributed by atoms with Crippen LogP contribution >= 0.6 is 38.9 Å². The smallest absolute Gasteiger partial charge is 0.177 e. The van der Waals surface area contributed by atoms with Crippen molar-refractivity contribution in [1.82, 2.24) is 4.98 Å². The highest BCUT2D eigenvalue weighted by Gasteiger charge is 2.19. The van der Waals surface area contributed by atoms with Gasteiger partial charge in [0.25, 0.3) is 0 Å². The number of nitrogens with one attached hydrogen (secondary N) is 1. The molecule has 3 N–H and O–H groups in total. The first-order chi connectivity index (χ1) is 11.6. The number of hydrogen-bond acceptors (Lipinski definition) is 5. The van der Waals surface area contributed by atoms with E-state index in [9.17, 15) is 0 Å². The number of pyridine rings is 1. The van der Waals surface area contributed by atoms with Crippen LogP contribution in [0.2, 0.25) is 5.15 Å². The number of halogens is 2. The van der Waals surface area contributed by atoms with E-state index in [1.165, 1.54) is 4.88 Å². The second kappa shape index (κ2) is 7.58. The van der Waals surface area contributed by atoms with E-state index in [-0.39, 0.29) is 6.04 Å². The van der Waals surface area contributed by atoms with Crippen LogP contribution < -0.4 is 11.1 Å². The van der Waals surface area contributed by atoms with E-state index in [2.05, 4.69) is 38.2 Å². The number of hydrogen-bond donors (Lipinski definition) is 2. The molecular formula is C17H15BrClN3OS. The summed E-state index contributed by atoms with van der Waals surface area (Å²) in [5.41, 5.74) is 8.15. The maximum Gasteiger partial charge on any atom is 0.177 e. The lowest BCUT2D eigenvalue weighted by Crippen LogP contribution is -2.21. The Morgan fingerprint density at radius 2 is 2.38 bits per heavy atom. The van der Waals surface area contributed by atoms with Gasteiger partial charge >= 0.3 is 0 Å². The van der Waals surface area contributed by atoms with Crippen molar-refractivity contribution in [2.45, 2.75) is 25.4 Å². The summed E-state index contributed by atoms with van der Waals surface area (Å²) in [6, 6.07) is 5.69. The molecule has 3 aromatic rings. The molecule has 3 aromatic heterocycles. The molecule has 124 valence electrons. The van der Waals surface area contributed by atoms with Crippen molar-refractivity contribution in [1.29, 1.82) is 0 Å². The maximum atomic E-state index is 6.16. The third-order valence-electron chi connectivity index (χ3n) is 3.48. The van der Waals surface area contributed by atoms with Crippen LogP contribution in [0.1, 0.15) is 17.1 Å². The zero-order valence-corrected chi connectivity index (χ0v) is 15.8. The summed E-state index contributed by atoms with van der Waals surface area (Å²) in [6.07, 6.45) is 6.33. The van der Waals surface area contributed by atoms with Gasteiger partial charge in [-0.3, -0.25) is 0 Å². The van der Waals surface area contributed by atoms with E-state index < -0.39 is 0 Å². The van der Waals surface area contributed by atoms with Crippen LogP contribution in [0.3, 0.4) is 0 Å². The van der Waals surface area contributed by atoms with Crippen molar-refractivity contribution in [3.05, 3.63) is 43.8 Å². The van der Waals surface area contributed by atoms with Gasteiger partial charge in [-0.25, -0.2) is 4.98 Å². The van der Waals surface area contributed by atoms with Gasteiger partial charge in [-0.1, -0.05) is 17.7 Å². The summed E-state index contributed by atoms with van der Waals surface area (Å²) >= 11 is 11.4. The van der Waals surface area contributed by atoms with Crippen molar-refractivity contribution in [2.24, 2.45) is 5.73 Å². The molecule has 7 heteroatoms. The second-order valence-electron chi connectivity index (χ2n) is 5.31. The summed E-state index contributed by atoms with van der Waals surface area (Å²) in [7, 11) is 0. The molecule has 3 rings (SSSR count). The first kappa shape index (κ1) is 17.3. The standard InChI is InChI=1S/C17H15BrClN3OS/c1-2-4-10(20)7-13-15(18)16-17(23-13)12(8-14(19)22-16)21-9-11-5-3-6-24-11/h1,3,5-6,8,10H,4,7,9,20H2,(H,21,22)/t10-/m1/s1. The van der Waals surface area contributed by atoms with Crippen molar-refractivity contribution < 1.29 is 4.42 Å². The minimum atomic E-state index is -0.162. The van der Waals surface area contributed by atoms with Gasteiger partial charge in [-0.15, -0.1) is 23.7 Å². The van der Waals surface area contributed by atoms with Crippen LogP contribution in [0.5, 0.6) is 0 Å². The van der Waals surface area contributed by atoms with Gasteiger partial charge in [0.15, 0.2) is 5.58 Å². The van der Waals surface area contributed by atoms with Crippen molar-refractivity contribution in [3.8, 4) is 12.3 Å². The van der Waals surface area contributed by atoms with Crippen molar-refractivity contribution >= 4 is 55.7 Å². The highest BCUT2D eigenvalue weighted by atomic mass is 79.9. The number of nitrogens with zero attached hydrogens (tertiary/aromatic N) is 1. The molecule has 3 heterocycles. The van der Waals surface area contributed by atoms with Crippen LogP contribution in [-0.2, 0) is 13.0 Å². The molecule has 0 aromatic carbocycles. The lowest BCUT2D eigenvalue weighted by Gasteiger charge is -2.06. The van der Waals surface area contributed by atoms with Crippen LogP contribution in [0.25, 0.3) is 11.1 Å². The quantitative estimate of drug-likeness (QED) is 0.440. The van der Waals surface area contributed by atoms with E-state index >= 15 is 0 Å². The van der Waals surface area contributed by atoms with Crippen molar-refractivity contribution in [2.75, 3.05) is 5.32 Å². The molecule has 0 saturated carbocycles. The molecule has 0 radical (unpaired) electrons. The molecule has 0 bridgehead atoms. The summed E-state index contributed by atoms with van der Waals surface area (Å²) in [4.78, 5) is 5.58. The van der Waals surface area contributed by atoms with Crippen LogP contribution in [0.4, 0.5) is 5.69 Å². The molecule has 0 unspecified atom stereocenters. The van der Waals surface area contributed by atoms with Crippen LogP contribution in [0, 0.1) is 12.3 Å². The van der Waals surface area contributed by atoms with E-state index in [1.807, 2.05) is 11.4 Å². The number of fused-ring (bicyclic) bond motifs is 1. The van der Waals surface area contributed by atoms with Gasteiger partial charge in [0, 0.05) is 36.4 Å². The van der Waals surface area contributed by atoms with E-state index in [1.54, 1.807) is 17.4 Å². The fraction of sp³-hybridized carbons (Fsp3) is 0.235. The number of anilines is 1. The first-order valence-electron chi connectivity index (χ1n) is 7.31. The molecule has 1 atom stereocenters. The Bertz CT molecular complexity index is 886. The Balaban J connectivity index is 1.92. The van der Waals surface area contributed by atoms with E-state index in [0.29, 0.717) is 35.6 Å². The highest BCUT2D eigenvalue weighted by Crippen LogP contribution is 2.36. The molecule has 0 aliphatic heterocycles. The fourth-order valence-corrected chi connectivity index (χ4v) is 3.72. The van der Waals surface area contributed by atoms with Gasteiger partial charge in [-0.2, -0.15) is 0 Å². The summed E-state index contributed by atoms with van der Waals surface area (Å²) in [5.74, 6) is 3.29. The molecule has 4 nitrogen and oxygen atoms in total. The number of rotatable bonds is 6. The number of aromatic nitrogens is 1. The number of nitrogens with two attached hydrogens (primary N) is 1. The summed E-state index contributed by atoms with van der Waals surface area (Å²) in [5, 5.41) is 5.80. The molecule has 0 amide bonds. The average molecular weight is 425 g/mol. The van der Waals surface area contributed by atoms with Crippen LogP contribution in [0.15, 0.2) is 32.5 Å². The molecule has 0 saturated heterocycles. The monoisotopic (exact) mass is 423 g/mol. The normalized spacial score (nSPS) is 12.2. The molecule has 0 fully saturated rings. The Labute approximate surface area is 157 Å². The van der Waals surface area contributed by atoms with Gasteiger partial charge < -0.3 is 15.5 Å². The lowest BCUT2D eigenvalue weighted by atomic mass is 10.1. The Morgan fingerprint density at radius 1 is 1.54 bits per heavy atom. The van der Waals surface area contributed by atoms with Gasteiger partial charge in [0.05, 0.1) is 10.2 Å². The largest absolute Gasteiger partial charge is 0.456 e. The Morgan fingerprint density at radius 3 is 3.08 bits per heavy atom. The minimum absolute atomic E-state index is 0.162. The number of thiophene rings is 1. The van der Waals surface area contributed by atoms with Crippen molar-refractivity contribution in [3.63, 3.8) is 0 Å². The Kier molecular flexibility index (Phi) is 5.47. The predicted octanol–water partition coefficient (Wildman–Crippen LogP) is 4.81. The van der Waals surface area contributed by atoms with Gasteiger partial charge in [-0.05, 0) is 27.4 Å². The maximum absolute atomic E-state index is 6.16. The predicted molar refractivity (Wildman–Crippen MR) is 103 cm³/mol. The minimum Gasteiger partial charge on any atom is -0.456 e. The molecule has 24 heavy (non-hydrogen) atoms. The molecule has 0 aliphatic carbocycles. The highest BCUT2D eigenvalue weighted by molar-refractivity contribution is 9.10. The third-order valence-corrected chi connectivity index (χ3v) is 5.37. The second-order valence-corrected chi connectivity index (χ2v) is 7.53. The average Bonchev–Trinajstić information content (AvgIpc) is 3.15. The van der Waals surface area contributed by atoms with E-state index in [4.69, 9.17) is 28.2 Å². The molecular weight excluding hydrogens is 410 g/mol. The SMILES string of the molecule is C#CC[C@@H](N)Cc1oc2c(NCc3cccs3)cc(Cl)nc2c1Br. The van der Waals surface area contributed by atoms with Gasteiger partial charge in [0.2, 0.25) is 0 Å². The Hall–Kier alpha value is -1.52. The number of furan rings is 1. The topological polar surface area (TPSA) is 64.1 Å². The number of terminal acetylenes is 1. The first-order valence-corrected chi connectivity index (χ1v) is 9.36. The van der Waals surface area contributed by atoms with E-state index in [0.717, 1.165) is 15.9 Å². The third kappa shape index (κ3) is 3.76. The lowest BCUT2D eigenvalue weighted by molar-refractivity contribution is 0.514. The zero-order valence-electron chi connectivity index (χ0n) is 12.7. The zero-order chi connectivity index (χ0) is 17.1. The molecule has 0 aliphatic rings. The summed E-state index contributed by atoms with van der Waals surface area (Å²) < 4.78 is 6.77. The van der Waals surface area contributed by atoms with Crippen LogP contribution in [-0.4, -0.2) is 11.0 Å². The molecule has 0 spiro atoms. The van der Waals surface area contributed by atoms with Gasteiger partial charge in [0.1, 0.15) is 16.4 Å².